The molecule has 0 spiro atoms. The summed E-state index contributed by atoms with van der Waals surface area (Å²) in [6.45, 7) is 3.44. The number of hydrogen-bond donors (Lipinski definition) is 1. The maximum atomic E-state index is 11.8. The minimum absolute atomic E-state index is 0.157. The van der Waals surface area contributed by atoms with E-state index in [1.54, 1.807) is 26.0 Å². The number of nitrogens with two attached hydrogens (primary N) is 1. The molecule has 1 heterocycles. The standard InChI is InChI=1S/C12H16BrN5O2S/c1-12(2,21(3,19)20)7-18-11(15-16-17-18)8-4-5-9(13)10(14)6-8/h4-6H,7,14H2,1-3H3. The van der Waals surface area contributed by atoms with Crippen LogP contribution in [-0.4, -0.2) is 39.6 Å². The van der Waals surface area contributed by atoms with E-state index >= 15 is 0 Å². The normalized spacial score (nSPS) is 12.6. The van der Waals surface area contributed by atoms with E-state index < -0.39 is 14.6 Å². The van der Waals surface area contributed by atoms with Crippen molar-refractivity contribution in [3.63, 3.8) is 0 Å². The number of benzene rings is 1. The summed E-state index contributed by atoms with van der Waals surface area (Å²) in [6.07, 6.45) is 1.20. The van der Waals surface area contributed by atoms with Crippen LogP contribution in [-0.2, 0) is 16.4 Å². The van der Waals surface area contributed by atoms with Gasteiger partial charge in [-0.2, -0.15) is 0 Å². The molecule has 0 aliphatic rings. The molecule has 0 saturated carbocycles. The highest BCUT2D eigenvalue weighted by atomic mass is 79.9. The summed E-state index contributed by atoms with van der Waals surface area (Å²) in [5, 5.41) is 11.5. The maximum Gasteiger partial charge on any atom is 0.182 e. The molecular formula is C12H16BrN5O2S. The van der Waals surface area contributed by atoms with Crippen LogP contribution in [0.1, 0.15) is 13.8 Å². The first-order chi connectivity index (χ1) is 9.62. The van der Waals surface area contributed by atoms with Gasteiger partial charge in [0.2, 0.25) is 0 Å². The summed E-state index contributed by atoms with van der Waals surface area (Å²) in [5.74, 6) is 0.478. The number of aromatic nitrogens is 4. The van der Waals surface area contributed by atoms with Crippen LogP contribution in [0.2, 0.25) is 0 Å². The van der Waals surface area contributed by atoms with Gasteiger partial charge in [0.25, 0.3) is 0 Å². The third kappa shape index (κ3) is 3.24. The lowest BCUT2D eigenvalue weighted by Gasteiger charge is -2.22. The highest BCUT2D eigenvalue weighted by Gasteiger charge is 2.32. The number of nitrogens with zero attached hydrogens (tertiary/aromatic N) is 4. The van der Waals surface area contributed by atoms with Crippen LogP contribution in [0.15, 0.2) is 22.7 Å². The van der Waals surface area contributed by atoms with E-state index in [-0.39, 0.29) is 6.54 Å². The number of nitrogen functional groups attached to an aromatic ring is 1. The van der Waals surface area contributed by atoms with Crippen LogP contribution in [0.25, 0.3) is 11.4 Å². The highest BCUT2D eigenvalue weighted by Crippen LogP contribution is 2.27. The molecule has 1 aromatic heterocycles. The summed E-state index contributed by atoms with van der Waals surface area (Å²) in [4.78, 5) is 0. The first-order valence-electron chi connectivity index (χ1n) is 6.13. The second-order valence-electron chi connectivity index (χ2n) is 5.43. The number of hydrogen-bond acceptors (Lipinski definition) is 6. The number of rotatable bonds is 4. The van der Waals surface area contributed by atoms with E-state index in [0.29, 0.717) is 11.5 Å². The molecule has 0 aliphatic carbocycles. The average molecular weight is 374 g/mol. The molecule has 0 saturated heterocycles. The van der Waals surface area contributed by atoms with Crippen molar-refractivity contribution in [2.24, 2.45) is 0 Å². The van der Waals surface area contributed by atoms with Crippen LogP contribution >= 0.6 is 15.9 Å². The van der Waals surface area contributed by atoms with Crippen molar-refractivity contribution < 1.29 is 8.42 Å². The summed E-state index contributed by atoms with van der Waals surface area (Å²) in [5.41, 5.74) is 7.14. The molecule has 0 unspecified atom stereocenters. The van der Waals surface area contributed by atoms with Crippen LogP contribution in [0.5, 0.6) is 0 Å². The lowest BCUT2D eigenvalue weighted by molar-refractivity contribution is 0.471. The Morgan fingerprint density at radius 2 is 2.05 bits per heavy atom. The number of anilines is 1. The zero-order valence-corrected chi connectivity index (χ0v) is 14.3. The van der Waals surface area contributed by atoms with Gasteiger partial charge in [0.1, 0.15) is 0 Å². The van der Waals surface area contributed by atoms with Gasteiger partial charge < -0.3 is 5.73 Å². The van der Waals surface area contributed by atoms with Crippen LogP contribution in [0.4, 0.5) is 5.69 Å². The molecule has 0 radical (unpaired) electrons. The van der Waals surface area contributed by atoms with Gasteiger partial charge in [0, 0.05) is 22.0 Å². The topological polar surface area (TPSA) is 104 Å². The van der Waals surface area contributed by atoms with Crippen molar-refractivity contribution in [3.8, 4) is 11.4 Å². The Balaban J connectivity index is 2.42. The fourth-order valence-electron chi connectivity index (χ4n) is 1.68. The molecule has 0 bridgehead atoms. The third-order valence-electron chi connectivity index (χ3n) is 3.32. The largest absolute Gasteiger partial charge is 0.398 e. The number of halogens is 1. The molecule has 0 fully saturated rings. The van der Waals surface area contributed by atoms with Gasteiger partial charge >= 0.3 is 0 Å². The summed E-state index contributed by atoms with van der Waals surface area (Å²) >= 11 is 3.32. The van der Waals surface area contributed by atoms with E-state index in [1.807, 2.05) is 6.07 Å². The van der Waals surface area contributed by atoms with Crippen molar-refractivity contribution in [3.05, 3.63) is 22.7 Å². The van der Waals surface area contributed by atoms with Crippen LogP contribution in [0.3, 0.4) is 0 Å². The van der Waals surface area contributed by atoms with Crippen molar-refractivity contribution in [2.75, 3.05) is 12.0 Å². The molecule has 0 aliphatic heterocycles. The summed E-state index contributed by atoms with van der Waals surface area (Å²) in [7, 11) is -3.24. The van der Waals surface area contributed by atoms with Gasteiger partial charge in [-0.3, -0.25) is 0 Å². The van der Waals surface area contributed by atoms with Gasteiger partial charge in [-0.15, -0.1) is 5.10 Å². The van der Waals surface area contributed by atoms with Gasteiger partial charge in [0.05, 0.1) is 11.3 Å². The molecule has 2 N–H and O–H groups in total. The molecule has 0 amide bonds. The van der Waals surface area contributed by atoms with Crippen molar-refractivity contribution in [1.29, 1.82) is 0 Å². The zero-order chi connectivity index (χ0) is 15.8. The minimum Gasteiger partial charge on any atom is -0.398 e. The molecule has 21 heavy (non-hydrogen) atoms. The molecule has 7 nitrogen and oxygen atoms in total. The van der Waals surface area contributed by atoms with Crippen LogP contribution < -0.4 is 5.73 Å². The lowest BCUT2D eigenvalue weighted by atomic mass is 10.1. The van der Waals surface area contributed by atoms with Crippen molar-refractivity contribution in [1.82, 2.24) is 20.2 Å². The molecular weight excluding hydrogens is 358 g/mol. The van der Waals surface area contributed by atoms with E-state index in [1.165, 1.54) is 10.9 Å². The second kappa shape index (κ2) is 5.38. The lowest BCUT2D eigenvalue weighted by Crippen LogP contribution is -2.36. The molecule has 1 aromatic carbocycles. The Kier molecular flexibility index (Phi) is 4.07. The molecule has 2 rings (SSSR count). The summed E-state index contributed by atoms with van der Waals surface area (Å²) in [6, 6.07) is 5.35. The van der Waals surface area contributed by atoms with E-state index in [4.69, 9.17) is 5.73 Å². The molecule has 2 aromatic rings. The number of tetrazole rings is 1. The Hall–Kier alpha value is -1.48. The van der Waals surface area contributed by atoms with Gasteiger partial charge in [-0.25, -0.2) is 13.1 Å². The Labute approximate surface area is 131 Å². The first kappa shape index (κ1) is 15.9. The predicted molar refractivity (Wildman–Crippen MR) is 84.3 cm³/mol. The monoisotopic (exact) mass is 373 g/mol. The second-order valence-corrected chi connectivity index (χ2v) is 8.93. The Morgan fingerprint density at radius 1 is 1.38 bits per heavy atom. The average Bonchev–Trinajstić information content (AvgIpc) is 2.78. The highest BCUT2D eigenvalue weighted by molar-refractivity contribution is 9.10. The van der Waals surface area contributed by atoms with E-state index in [0.717, 1.165) is 10.0 Å². The zero-order valence-electron chi connectivity index (χ0n) is 11.9. The van der Waals surface area contributed by atoms with Gasteiger partial charge in [-0.05, 0) is 58.4 Å². The van der Waals surface area contributed by atoms with Crippen molar-refractivity contribution in [2.45, 2.75) is 25.1 Å². The van der Waals surface area contributed by atoms with Crippen LogP contribution in [0, 0.1) is 0 Å². The quantitative estimate of drug-likeness (QED) is 0.814. The number of sulfone groups is 1. The third-order valence-corrected chi connectivity index (χ3v) is 6.18. The Bertz CT molecular complexity index is 770. The predicted octanol–water partition coefficient (Wildman–Crippen LogP) is 1.51. The summed E-state index contributed by atoms with van der Waals surface area (Å²) < 4.78 is 24.9. The smallest absolute Gasteiger partial charge is 0.182 e. The van der Waals surface area contributed by atoms with E-state index in [2.05, 4.69) is 31.5 Å². The minimum atomic E-state index is -3.24. The fraction of sp³-hybridized carbons (Fsp3) is 0.417. The van der Waals surface area contributed by atoms with Crippen molar-refractivity contribution >= 4 is 31.5 Å². The van der Waals surface area contributed by atoms with E-state index in [9.17, 15) is 8.42 Å². The maximum absolute atomic E-state index is 11.8. The molecule has 9 heteroatoms. The molecule has 114 valence electrons. The first-order valence-corrected chi connectivity index (χ1v) is 8.81. The SMILES string of the molecule is CC(C)(Cn1nnnc1-c1ccc(Br)c(N)c1)S(C)(=O)=O. The Morgan fingerprint density at radius 3 is 2.62 bits per heavy atom. The fourth-order valence-corrected chi connectivity index (χ4v) is 2.28. The molecule has 0 atom stereocenters. The van der Waals surface area contributed by atoms with Gasteiger partial charge in [-0.1, -0.05) is 0 Å². The van der Waals surface area contributed by atoms with Gasteiger partial charge in [0.15, 0.2) is 15.7 Å².